The third-order valence-electron chi connectivity index (χ3n) is 5.30. The molecular formula is C23H31N3O3S. The molecule has 1 amide bonds. The summed E-state index contributed by atoms with van der Waals surface area (Å²) in [7, 11) is 0. The fourth-order valence-electron chi connectivity index (χ4n) is 3.65. The predicted molar refractivity (Wildman–Crippen MR) is 119 cm³/mol. The molecule has 1 N–H and O–H groups in total. The highest BCUT2D eigenvalue weighted by atomic mass is 32.2. The van der Waals surface area contributed by atoms with Crippen molar-refractivity contribution in [1.29, 1.82) is 0 Å². The van der Waals surface area contributed by atoms with E-state index in [2.05, 4.69) is 29.1 Å². The van der Waals surface area contributed by atoms with Crippen molar-refractivity contribution >= 4 is 17.7 Å². The minimum Gasteiger partial charge on any atom is -0.490 e. The SMILES string of the molecule is CSc1nc(C)c(CCC(=O)N[C@@H](c2ccc3c(c2)OCCCO3)C(C)C)c(C)n1. The van der Waals surface area contributed by atoms with E-state index in [1.54, 1.807) is 0 Å². The molecule has 6 nitrogen and oxygen atoms in total. The van der Waals surface area contributed by atoms with Gasteiger partial charge in [-0.3, -0.25) is 4.79 Å². The van der Waals surface area contributed by atoms with Gasteiger partial charge in [-0.1, -0.05) is 31.7 Å². The molecule has 3 rings (SSSR count). The fraction of sp³-hybridized carbons (Fsp3) is 0.522. The maximum atomic E-state index is 12.8. The summed E-state index contributed by atoms with van der Waals surface area (Å²) in [6.07, 6.45) is 3.86. The number of thioether (sulfide) groups is 1. The largest absolute Gasteiger partial charge is 0.490 e. The second-order valence-corrected chi connectivity index (χ2v) is 8.68. The molecule has 7 heteroatoms. The molecule has 30 heavy (non-hydrogen) atoms. The van der Waals surface area contributed by atoms with Crippen LogP contribution in [0.25, 0.3) is 0 Å². The molecular weight excluding hydrogens is 398 g/mol. The third-order valence-corrected chi connectivity index (χ3v) is 5.85. The van der Waals surface area contributed by atoms with E-state index in [-0.39, 0.29) is 17.9 Å². The van der Waals surface area contributed by atoms with Crippen molar-refractivity contribution in [3.8, 4) is 11.5 Å². The van der Waals surface area contributed by atoms with Crippen molar-refractivity contribution < 1.29 is 14.3 Å². The summed E-state index contributed by atoms with van der Waals surface area (Å²) < 4.78 is 11.5. The van der Waals surface area contributed by atoms with E-state index in [1.165, 1.54) is 11.8 Å². The number of aromatic nitrogens is 2. The maximum Gasteiger partial charge on any atom is 0.220 e. The molecule has 1 aliphatic rings. The minimum atomic E-state index is -0.0908. The van der Waals surface area contributed by atoms with Gasteiger partial charge in [0.25, 0.3) is 0 Å². The van der Waals surface area contributed by atoms with Crippen molar-refractivity contribution in [2.75, 3.05) is 19.5 Å². The van der Waals surface area contributed by atoms with Crippen molar-refractivity contribution in [2.45, 2.75) is 58.2 Å². The number of fused-ring (bicyclic) bond motifs is 1. The molecule has 0 saturated heterocycles. The Morgan fingerprint density at radius 1 is 1.13 bits per heavy atom. The number of nitrogens with zero attached hydrogens (tertiary/aromatic N) is 2. The van der Waals surface area contributed by atoms with Crippen LogP contribution in [0.5, 0.6) is 11.5 Å². The highest BCUT2D eigenvalue weighted by molar-refractivity contribution is 7.98. The second kappa shape index (κ2) is 10.2. The lowest BCUT2D eigenvalue weighted by molar-refractivity contribution is -0.122. The molecule has 0 spiro atoms. The lowest BCUT2D eigenvalue weighted by Gasteiger charge is -2.24. The van der Waals surface area contributed by atoms with Gasteiger partial charge < -0.3 is 14.8 Å². The van der Waals surface area contributed by atoms with Crippen molar-refractivity contribution in [2.24, 2.45) is 5.92 Å². The summed E-state index contributed by atoms with van der Waals surface area (Å²) in [6, 6.07) is 5.86. The number of rotatable bonds is 7. The van der Waals surface area contributed by atoms with Crippen LogP contribution in [0.1, 0.15) is 55.2 Å². The molecule has 0 fully saturated rings. The number of amides is 1. The Bertz CT molecular complexity index is 878. The number of carbonyl (C=O) groups excluding carboxylic acids is 1. The maximum absolute atomic E-state index is 12.8. The van der Waals surface area contributed by atoms with Crippen molar-refractivity contribution in [1.82, 2.24) is 15.3 Å². The Balaban J connectivity index is 1.69. The average molecular weight is 430 g/mol. The van der Waals surface area contributed by atoms with Crippen LogP contribution in [-0.4, -0.2) is 35.3 Å². The molecule has 0 unspecified atom stereocenters. The zero-order valence-corrected chi connectivity index (χ0v) is 19.3. The number of benzene rings is 1. The summed E-state index contributed by atoms with van der Waals surface area (Å²) in [6.45, 7) is 9.49. The molecule has 1 atom stereocenters. The lowest BCUT2D eigenvalue weighted by atomic mass is 9.95. The molecule has 2 aromatic rings. The standard InChI is InChI=1S/C23H31N3O3S/c1-14(2)22(17-7-9-19-20(13-17)29-12-6-11-28-19)26-21(27)10-8-18-15(3)24-23(30-5)25-16(18)4/h7,9,13-14,22H,6,8,10-12H2,1-5H3,(H,26,27)/t22-/m1/s1. The molecule has 0 radical (unpaired) electrons. The van der Waals surface area contributed by atoms with Gasteiger partial charge in [-0.25, -0.2) is 9.97 Å². The van der Waals surface area contributed by atoms with E-state index >= 15 is 0 Å². The predicted octanol–water partition coefficient (Wildman–Crippen LogP) is 4.42. The molecule has 162 valence electrons. The number of nitrogens with one attached hydrogen (secondary N) is 1. The summed E-state index contributed by atoms with van der Waals surface area (Å²) in [5, 5.41) is 3.98. The zero-order valence-electron chi connectivity index (χ0n) is 18.4. The molecule has 1 aromatic heterocycles. The van der Waals surface area contributed by atoms with Crippen LogP contribution in [-0.2, 0) is 11.2 Å². The Labute approximate surface area is 183 Å². The van der Waals surface area contributed by atoms with Gasteiger partial charge in [0.2, 0.25) is 5.91 Å². The third kappa shape index (κ3) is 5.45. The number of carbonyl (C=O) groups is 1. The van der Waals surface area contributed by atoms with Gasteiger partial charge in [0.15, 0.2) is 16.7 Å². The van der Waals surface area contributed by atoms with Crippen LogP contribution in [0.4, 0.5) is 0 Å². The van der Waals surface area contributed by atoms with E-state index in [0.717, 1.165) is 45.6 Å². The first-order valence-corrected chi connectivity index (χ1v) is 11.7. The minimum absolute atomic E-state index is 0.0218. The van der Waals surface area contributed by atoms with Gasteiger partial charge in [0.05, 0.1) is 19.3 Å². The van der Waals surface area contributed by atoms with Gasteiger partial charge in [-0.05, 0) is 55.7 Å². The Morgan fingerprint density at radius 2 is 1.80 bits per heavy atom. The van der Waals surface area contributed by atoms with Crippen LogP contribution in [0.3, 0.4) is 0 Å². The quantitative estimate of drug-likeness (QED) is 0.519. The summed E-state index contributed by atoms with van der Waals surface area (Å²) in [5.74, 6) is 1.78. The molecule has 1 aliphatic heterocycles. The van der Waals surface area contributed by atoms with Gasteiger partial charge in [-0.2, -0.15) is 0 Å². The Morgan fingerprint density at radius 3 is 2.43 bits per heavy atom. The normalized spacial score (nSPS) is 14.3. The first kappa shape index (κ1) is 22.4. The highest BCUT2D eigenvalue weighted by Gasteiger charge is 2.21. The lowest BCUT2D eigenvalue weighted by Crippen LogP contribution is -2.32. The number of hydrogen-bond acceptors (Lipinski definition) is 6. The van der Waals surface area contributed by atoms with Crippen LogP contribution in [0, 0.1) is 19.8 Å². The molecule has 0 saturated carbocycles. The van der Waals surface area contributed by atoms with Crippen molar-refractivity contribution in [3.63, 3.8) is 0 Å². The first-order chi connectivity index (χ1) is 14.4. The monoisotopic (exact) mass is 429 g/mol. The molecule has 0 bridgehead atoms. The van der Waals surface area contributed by atoms with E-state index < -0.39 is 0 Å². The highest BCUT2D eigenvalue weighted by Crippen LogP contribution is 2.34. The van der Waals surface area contributed by atoms with Gasteiger partial charge in [0.1, 0.15) is 0 Å². The average Bonchev–Trinajstić information content (AvgIpc) is 2.95. The Kier molecular flexibility index (Phi) is 7.58. The first-order valence-electron chi connectivity index (χ1n) is 10.5. The van der Waals surface area contributed by atoms with Crippen LogP contribution < -0.4 is 14.8 Å². The molecule has 2 heterocycles. The van der Waals surface area contributed by atoms with E-state index in [4.69, 9.17) is 9.47 Å². The van der Waals surface area contributed by atoms with Gasteiger partial charge >= 0.3 is 0 Å². The van der Waals surface area contributed by atoms with E-state index in [9.17, 15) is 4.79 Å². The van der Waals surface area contributed by atoms with Gasteiger partial charge in [-0.15, -0.1) is 0 Å². The number of aryl methyl sites for hydroxylation is 2. The topological polar surface area (TPSA) is 73.3 Å². The molecule has 0 aliphatic carbocycles. The number of hydrogen-bond donors (Lipinski definition) is 1. The van der Waals surface area contributed by atoms with E-state index in [0.29, 0.717) is 26.1 Å². The summed E-state index contributed by atoms with van der Waals surface area (Å²) >= 11 is 1.53. The molecule has 1 aromatic carbocycles. The number of ether oxygens (including phenoxy) is 2. The van der Waals surface area contributed by atoms with Crippen LogP contribution in [0.15, 0.2) is 23.4 Å². The van der Waals surface area contributed by atoms with Crippen LogP contribution in [0.2, 0.25) is 0 Å². The second-order valence-electron chi connectivity index (χ2n) is 7.91. The van der Waals surface area contributed by atoms with Gasteiger partial charge in [0, 0.05) is 24.2 Å². The Hall–Kier alpha value is -2.28. The summed E-state index contributed by atoms with van der Waals surface area (Å²) in [4.78, 5) is 21.8. The smallest absolute Gasteiger partial charge is 0.220 e. The van der Waals surface area contributed by atoms with Crippen molar-refractivity contribution in [3.05, 3.63) is 40.7 Å². The fourth-order valence-corrected chi connectivity index (χ4v) is 4.11. The summed E-state index contributed by atoms with van der Waals surface area (Å²) in [5.41, 5.74) is 3.98. The van der Waals surface area contributed by atoms with Crippen LogP contribution >= 0.6 is 11.8 Å². The zero-order chi connectivity index (χ0) is 21.7. The van der Waals surface area contributed by atoms with E-state index in [1.807, 2.05) is 38.3 Å².